The third-order valence-electron chi connectivity index (χ3n) is 1.33. The molecule has 0 saturated carbocycles. The second-order valence-electron chi connectivity index (χ2n) is 2.19. The third kappa shape index (κ3) is 3.85. The third-order valence-corrected chi connectivity index (χ3v) is 3.04. The van der Waals surface area contributed by atoms with Crippen LogP contribution in [-0.4, -0.2) is 35.1 Å². The lowest BCUT2D eigenvalue weighted by atomic mass is 10.3. The molecule has 0 rings (SSSR count). The first-order valence-electron chi connectivity index (χ1n) is 3.63. The van der Waals surface area contributed by atoms with E-state index < -0.39 is 19.7 Å². The number of aliphatic hydroxyl groups is 1. The van der Waals surface area contributed by atoms with Gasteiger partial charge < -0.3 is 14.7 Å². The highest BCUT2D eigenvalue weighted by Crippen LogP contribution is 2.31. The average molecular weight is 196 g/mol. The maximum Gasteiger partial charge on any atom is 0.316 e. The molecule has 0 aliphatic heterocycles. The van der Waals surface area contributed by atoms with Crippen LogP contribution in [-0.2, 0) is 13.9 Å². The minimum atomic E-state index is -2.55. The van der Waals surface area contributed by atoms with Gasteiger partial charge in [0.25, 0.3) is 0 Å². The lowest BCUT2D eigenvalue weighted by Gasteiger charge is -2.08. The molecule has 0 bridgehead atoms. The molecule has 0 aromatic carbocycles. The minimum absolute atomic E-state index is 0.0679. The molecule has 0 amide bonds. The minimum Gasteiger partial charge on any atom is -0.481 e. The van der Waals surface area contributed by atoms with Crippen molar-refractivity contribution < 1.29 is 24.1 Å². The van der Waals surface area contributed by atoms with Crippen LogP contribution in [0.25, 0.3) is 0 Å². The summed E-state index contributed by atoms with van der Waals surface area (Å²) in [5.41, 5.74) is -0.929. The first-order chi connectivity index (χ1) is 5.63. The summed E-state index contributed by atoms with van der Waals surface area (Å²) in [6.45, 7) is 1.32. The molecule has 0 fully saturated rings. The summed E-state index contributed by atoms with van der Waals surface area (Å²) in [4.78, 5) is 10.4. The largest absolute Gasteiger partial charge is 0.481 e. The van der Waals surface area contributed by atoms with E-state index in [9.17, 15) is 9.36 Å². The molecular weight excluding hydrogens is 183 g/mol. The van der Waals surface area contributed by atoms with Crippen molar-refractivity contribution in [3.05, 3.63) is 0 Å². The number of aliphatic hydroxyl groups excluding tert-OH is 1. The van der Waals surface area contributed by atoms with Gasteiger partial charge in [-0.2, -0.15) is 0 Å². The first-order valence-corrected chi connectivity index (χ1v) is 5.03. The number of aliphatic carboxylic acids is 1. The van der Waals surface area contributed by atoms with Crippen molar-refractivity contribution >= 4 is 14.0 Å². The maximum atomic E-state index is 11.0. The molecule has 6 heteroatoms. The Balaban J connectivity index is 3.95. The molecular formula is C6H13O5P. The van der Waals surface area contributed by atoms with Crippen molar-refractivity contribution in [2.75, 3.05) is 13.2 Å². The van der Waals surface area contributed by atoms with Crippen LogP contribution in [0.15, 0.2) is 0 Å². The highest BCUT2D eigenvalue weighted by molar-refractivity contribution is 7.41. The molecule has 0 radical (unpaired) electrons. The molecule has 0 saturated heterocycles. The summed E-state index contributed by atoms with van der Waals surface area (Å²) in [5.74, 6) is -1.11. The lowest BCUT2D eigenvalue weighted by molar-refractivity contribution is -0.136. The van der Waals surface area contributed by atoms with Gasteiger partial charge in [-0.3, -0.25) is 9.36 Å². The molecule has 0 aromatic heterocycles. The van der Waals surface area contributed by atoms with Gasteiger partial charge in [0.05, 0.1) is 13.2 Å². The fourth-order valence-corrected chi connectivity index (χ4v) is 1.72. The van der Waals surface area contributed by atoms with Crippen LogP contribution in [0.5, 0.6) is 0 Å². The SMILES string of the molecule is CCC(C(=O)O)[PH](=O)OCCO. The summed E-state index contributed by atoms with van der Waals surface area (Å²) < 4.78 is 15.7. The van der Waals surface area contributed by atoms with Crippen LogP contribution in [0, 0.1) is 0 Å². The Kier molecular flexibility index (Phi) is 5.98. The van der Waals surface area contributed by atoms with Crippen LogP contribution in [0.3, 0.4) is 0 Å². The molecule has 0 heterocycles. The van der Waals surface area contributed by atoms with E-state index in [0.29, 0.717) is 0 Å². The predicted molar refractivity (Wildman–Crippen MR) is 43.8 cm³/mol. The molecule has 2 atom stereocenters. The van der Waals surface area contributed by atoms with Gasteiger partial charge in [0, 0.05) is 0 Å². The summed E-state index contributed by atoms with van der Waals surface area (Å²) >= 11 is 0. The highest BCUT2D eigenvalue weighted by atomic mass is 31.1. The van der Waals surface area contributed by atoms with Crippen molar-refractivity contribution in [3.63, 3.8) is 0 Å². The van der Waals surface area contributed by atoms with Crippen molar-refractivity contribution in [2.24, 2.45) is 0 Å². The summed E-state index contributed by atoms with van der Waals surface area (Å²) in [6.07, 6.45) is 0.276. The van der Waals surface area contributed by atoms with Crippen molar-refractivity contribution in [1.29, 1.82) is 0 Å². The maximum absolute atomic E-state index is 11.0. The molecule has 2 N–H and O–H groups in total. The van der Waals surface area contributed by atoms with Crippen molar-refractivity contribution in [1.82, 2.24) is 0 Å². The highest BCUT2D eigenvalue weighted by Gasteiger charge is 2.22. The Morgan fingerprint density at radius 3 is 2.58 bits per heavy atom. The normalized spacial score (nSPS) is 15.5. The number of carboxylic acids is 1. The summed E-state index contributed by atoms with van der Waals surface area (Å²) in [5, 5.41) is 16.8. The van der Waals surface area contributed by atoms with E-state index in [1.165, 1.54) is 0 Å². The Labute approximate surface area is 71.2 Å². The zero-order chi connectivity index (χ0) is 9.56. The number of hydrogen-bond acceptors (Lipinski definition) is 4. The number of hydrogen-bond donors (Lipinski definition) is 2. The Hall–Kier alpha value is -0.380. The Morgan fingerprint density at radius 2 is 2.25 bits per heavy atom. The topological polar surface area (TPSA) is 83.8 Å². The van der Waals surface area contributed by atoms with E-state index in [1.807, 2.05) is 0 Å². The predicted octanol–water partition coefficient (Wildman–Crippen LogP) is 0.333. The van der Waals surface area contributed by atoms with E-state index in [4.69, 9.17) is 10.2 Å². The van der Waals surface area contributed by atoms with Gasteiger partial charge in [0.2, 0.25) is 8.03 Å². The number of rotatable bonds is 6. The monoisotopic (exact) mass is 196 g/mol. The first kappa shape index (κ1) is 11.6. The smallest absolute Gasteiger partial charge is 0.316 e. The molecule has 0 aliphatic carbocycles. The van der Waals surface area contributed by atoms with Gasteiger partial charge in [-0.15, -0.1) is 0 Å². The number of carbonyl (C=O) groups is 1. The quantitative estimate of drug-likeness (QED) is 0.598. The fourth-order valence-electron chi connectivity index (χ4n) is 0.689. The second kappa shape index (κ2) is 6.17. The van der Waals surface area contributed by atoms with Crippen LogP contribution in [0.1, 0.15) is 13.3 Å². The van der Waals surface area contributed by atoms with Gasteiger partial charge in [-0.1, -0.05) is 6.92 Å². The molecule has 72 valence electrons. The molecule has 12 heavy (non-hydrogen) atoms. The van der Waals surface area contributed by atoms with Crippen molar-refractivity contribution in [2.45, 2.75) is 19.0 Å². The van der Waals surface area contributed by atoms with Crippen LogP contribution in [0.4, 0.5) is 0 Å². The molecule has 0 aliphatic rings. The van der Waals surface area contributed by atoms with Crippen LogP contribution >= 0.6 is 8.03 Å². The lowest BCUT2D eigenvalue weighted by Crippen LogP contribution is -2.16. The van der Waals surface area contributed by atoms with E-state index in [2.05, 4.69) is 4.52 Å². The Morgan fingerprint density at radius 1 is 1.67 bits per heavy atom. The summed E-state index contributed by atoms with van der Waals surface area (Å²) in [7, 11) is -2.55. The average Bonchev–Trinajstić information content (AvgIpc) is 2.01. The molecule has 2 unspecified atom stereocenters. The standard InChI is InChI=1S/C6H13O5P/c1-2-5(6(8)9)12(10)11-4-3-7/h5,7,12H,2-4H2,1H3,(H,8,9). The van der Waals surface area contributed by atoms with Crippen LogP contribution < -0.4 is 0 Å². The molecule has 5 nitrogen and oxygen atoms in total. The fraction of sp³-hybridized carbons (Fsp3) is 0.833. The molecule has 0 spiro atoms. The van der Waals surface area contributed by atoms with Gasteiger partial charge in [0.15, 0.2) is 0 Å². The zero-order valence-electron chi connectivity index (χ0n) is 6.82. The molecule has 0 aromatic rings. The van der Waals surface area contributed by atoms with Gasteiger partial charge in [-0.05, 0) is 6.42 Å². The van der Waals surface area contributed by atoms with E-state index in [1.54, 1.807) is 6.92 Å². The number of carboxylic acid groups (broad SMARTS) is 1. The van der Waals surface area contributed by atoms with Gasteiger partial charge >= 0.3 is 5.97 Å². The Bertz CT molecular complexity index is 169. The van der Waals surface area contributed by atoms with Gasteiger partial charge in [-0.25, -0.2) is 0 Å². The van der Waals surface area contributed by atoms with Crippen LogP contribution in [0.2, 0.25) is 0 Å². The van der Waals surface area contributed by atoms with Crippen molar-refractivity contribution in [3.8, 4) is 0 Å². The second-order valence-corrected chi connectivity index (χ2v) is 3.81. The van der Waals surface area contributed by atoms with Gasteiger partial charge in [0.1, 0.15) is 5.66 Å². The summed E-state index contributed by atoms with van der Waals surface area (Å²) in [6, 6.07) is 0. The van der Waals surface area contributed by atoms with E-state index >= 15 is 0 Å². The van der Waals surface area contributed by atoms with E-state index in [0.717, 1.165) is 0 Å². The van der Waals surface area contributed by atoms with E-state index in [-0.39, 0.29) is 19.6 Å². The zero-order valence-corrected chi connectivity index (χ0v) is 7.82.